The van der Waals surface area contributed by atoms with E-state index in [1.54, 1.807) is 0 Å². The van der Waals surface area contributed by atoms with Crippen LogP contribution in [0, 0.1) is 0 Å². The van der Waals surface area contributed by atoms with Crippen molar-refractivity contribution in [2.45, 2.75) is 19.4 Å². The summed E-state index contributed by atoms with van der Waals surface area (Å²) in [6, 6.07) is 6.36. The van der Waals surface area contributed by atoms with Crippen molar-refractivity contribution >= 4 is 10.5 Å². The van der Waals surface area contributed by atoms with Gasteiger partial charge in [-0.1, -0.05) is 30.4 Å². The van der Waals surface area contributed by atoms with Crippen LogP contribution >= 0.6 is 0 Å². The standard InChI is InChI=1S/C13H18OSi/c1-3-6-11-8-5-9-12(10-14-15)13(11)7-4-2/h3-5,8-9H,1-2,6-7,10H2,15H3. The molecule has 1 nitrogen and oxygen atoms in total. The van der Waals surface area contributed by atoms with Gasteiger partial charge in [-0.3, -0.25) is 0 Å². The van der Waals surface area contributed by atoms with E-state index < -0.39 is 0 Å². The Morgan fingerprint density at radius 2 is 1.80 bits per heavy atom. The lowest BCUT2D eigenvalue weighted by Gasteiger charge is -2.12. The Morgan fingerprint density at radius 3 is 2.40 bits per heavy atom. The van der Waals surface area contributed by atoms with E-state index in [1.807, 2.05) is 12.2 Å². The predicted octanol–water partition coefficient (Wildman–Crippen LogP) is 1.94. The van der Waals surface area contributed by atoms with Crippen molar-refractivity contribution in [1.29, 1.82) is 0 Å². The highest BCUT2D eigenvalue weighted by Crippen LogP contribution is 2.18. The summed E-state index contributed by atoms with van der Waals surface area (Å²) in [5.41, 5.74) is 3.97. The summed E-state index contributed by atoms with van der Waals surface area (Å²) in [5, 5.41) is 0. The Balaban J connectivity index is 3.08. The fraction of sp³-hybridized carbons (Fsp3) is 0.231. The largest absolute Gasteiger partial charge is 0.424 e. The molecule has 1 rings (SSSR count). The molecule has 0 atom stereocenters. The minimum absolute atomic E-state index is 0.723. The molecule has 0 aliphatic rings. The van der Waals surface area contributed by atoms with Gasteiger partial charge in [0, 0.05) is 0 Å². The maximum Gasteiger partial charge on any atom is 0.146 e. The first-order chi connectivity index (χ1) is 7.33. The zero-order chi connectivity index (χ0) is 11.1. The van der Waals surface area contributed by atoms with E-state index in [4.69, 9.17) is 4.43 Å². The topological polar surface area (TPSA) is 9.23 Å². The fourth-order valence-electron chi connectivity index (χ4n) is 1.73. The number of benzene rings is 1. The maximum absolute atomic E-state index is 5.33. The molecule has 0 fully saturated rings. The van der Waals surface area contributed by atoms with Crippen molar-refractivity contribution in [1.82, 2.24) is 0 Å². The molecule has 0 N–H and O–H groups in total. The van der Waals surface area contributed by atoms with Gasteiger partial charge in [-0.15, -0.1) is 13.2 Å². The molecule has 0 spiro atoms. The molecule has 0 saturated carbocycles. The normalized spacial score (nSPS) is 10.1. The van der Waals surface area contributed by atoms with Gasteiger partial charge >= 0.3 is 0 Å². The summed E-state index contributed by atoms with van der Waals surface area (Å²) < 4.78 is 5.33. The maximum atomic E-state index is 5.33. The third-order valence-electron chi connectivity index (χ3n) is 2.38. The second kappa shape index (κ2) is 6.38. The molecule has 1 aromatic carbocycles. The summed E-state index contributed by atoms with van der Waals surface area (Å²) in [4.78, 5) is 0. The lowest BCUT2D eigenvalue weighted by Crippen LogP contribution is -2.00. The lowest BCUT2D eigenvalue weighted by atomic mass is 9.96. The first kappa shape index (κ1) is 11.9. The van der Waals surface area contributed by atoms with Gasteiger partial charge < -0.3 is 4.43 Å². The van der Waals surface area contributed by atoms with Gasteiger partial charge in [0.05, 0.1) is 6.61 Å². The number of rotatable bonds is 6. The molecule has 80 valence electrons. The van der Waals surface area contributed by atoms with Crippen LogP contribution in [0.2, 0.25) is 0 Å². The molecule has 0 saturated heterocycles. The zero-order valence-electron chi connectivity index (χ0n) is 9.33. The van der Waals surface area contributed by atoms with Crippen LogP contribution < -0.4 is 0 Å². The van der Waals surface area contributed by atoms with E-state index in [0.717, 1.165) is 29.9 Å². The molecule has 0 amide bonds. The summed E-state index contributed by atoms with van der Waals surface area (Å²) in [5.74, 6) is 0. The Hall–Kier alpha value is -1.12. The third kappa shape index (κ3) is 3.18. The van der Waals surface area contributed by atoms with Crippen LogP contribution in [-0.2, 0) is 23.9 Å². The number of allylic oxidation sites excluding steroid dienone is 2. The van der Waals surface area contributed by atoms with Crippen LogP contribution in [0.25, 0.3) is 0 Å². The smallest absolute Gasteiger partial charge is 0.146 e. The molecular formula is C13H18OSi. The van der Waals surface area contributed by atoms with Crippen LogP contribution in [0.1, 0.15) is 16.7 Å². The van der Waals surface area contributed by atoms with Crippen molar-refractivity contribution < 1.29 is 4.43 Å². The predicted molar refractivity (Wildman–Crippen MR) is 69.0 cm³/mol. The lowest BCUT2D eigenvalue weighted by molar-refractivity contribution is 0.337. The van der Waals surface area contributed by atoms with Crippen LogP contribution in [-0.4, -0.2) is 10.5 Å². The van der Waals surface area contributed by atoms with Gasteiger partial charge in [0.2, 0.25) is 0 Å². The highest BCUT2D eigenvalue weighted by molar-refractivity contribution is 5.97. The highest BCUT2D eigenvalue weighted by atomic mass is 28.2. The minimum Gasteiger partial charge on any atom is -0.424 e. The number of hydrogen-bond acceptors (Lipinski definition) is 1. The van der Waals surface area contributed by atoms with E-state index >= 15 is 0 Å². The van der Waals surface area contributed by atoms with Crippen LogP contribution in [0.15, 0.2) is 43.5 Å². The minimum atomic E-state index is 0.723. The van der Waals surface area contributed by atoms with E-state index in [2.05, 4.69) is 31.4 Å². The Bertz CT molecular complexity index is 344. The Morgan fingerprint density at radius 1 is 1.13 bits per heavy atom. The molecule has 0 unspecified atom stereocenters. The van der Waals surface area contributed by atoms with Crippen LogP contribution in [0.3, 0.4) is 0 Å². The second-order valence-corrected chi connectivity index (χ2v) is 4.05. The highest BCUT2D eigenvalue weighted by Gasteiger charge is 2.05. The third-order valence-corrected chi connectivity index (χ3v) is 2.67. The summed E-state index contributed by atoms with van der Waals surface area (Å²) in [7, 11) is 0.780. The molecule has 0 bridgehead atoms. The molecule has 1 aromatic rings. The Kier molecular flexibility index (Phi) is 5.08. The van der Waals surface area contributed by atoms with Crippen molar-refractivity contribution in [3.05, 3.63) is 60.2 Å². The van der Waals surface area contributed by atoms with E-state index in [0.29, 0.717) is 0 Å². The van der Waals surface area contributed by atoms with Crippen molar-refractivity contribution in [3.63, 3.8) is 0 Å². The summed E-state index contributed by atoms with van der Waals surface area (Å²) >= 11 is 0. The summed E-state index contributed by atoms with van der Waals surface area (Å²) in [6.45, 7) is 8.31. The van der Waals surface area contributed by atoms with E-state index in [9.17, 15) is 0 Å². The molecular weight excluding hydrogens is 200 g/mol. The van der Waals surface area contributed by atoms with E-state index in [-0.39, 0.29) is 0 Å². The Labute approximate surface area is 95.0 Å². The van der Waals surface area contributed by atoms with E-state index in [1.165, 1.54) is 16.7 Å². The first-order valence-electron chi connectivity index (χ1n) is 5.13. The molecule has 0 aliphatic heterocycles. The average molecular weight is 218 g/mol. The van der Waals surface area contributed by atoms with Crippen molar-refractivity contribution in [2.75, 3.05) is 0 Å². The van der Waals surface area contributed by atoms with Gasteiger partial charge in [0.25, 0.3) is 0 Å². The summed E-state index contributed by atoms with van der Waals surface area (Å²) in [6.07, 6.45) is 5.70. The first-order valence-corrected chi connectivity index (χ1v) is 5.95. The van der Waals surface area contributed by atoms with Gasteiger partial charge in [-0.2, -0.15) is 0 Å². The molecule has 15 heavy (non-hydrogen) atoms. The van der Waals surface area contributed by atoms with Gasteiger partial charge in [0.15, 0.2) is 0 Å². The zero-order valence-corrected chi connectivity index (χ0v) is 11.3. The molecule has 2 heteroatoms. The van der Waals surface area contributed by atoms with Gasteiger partial charge in [0.1, 0.15) is 10.5 Å². The monoisotopic (exact) mass is 218 g/mol. The molecule has 0 radical (unpaired) electrons. The van der Waals surface area contributed by atoms with Crippen molar-refractivity contribution in [3.8, 4) is 0 Å². The molecule has 0 heterocycles. The van der Waals surface area contributed by atoms with Crippen LogP contribution in [0.5, 0.6) is 0 Å². The number of hydrogen-bond donors (Lipinski definition) is 0. The molecule has 0 aromatic heterocycles. The second-order valence-electron chi connectivity index (χ2n) is 3.47. The fourth-order valence-corrected chi connectivity index (χ4v) is 2.04. The SMILES string of the molecule is C=CCc1cccc(CO[SiH3])c1CC=C. The van der Waals surface area contributed by atoms with Gasteiger partial charge in [-0.05, 0) is 29.5 Å². The van der Waals surface area contributed by atoms with Gasteiger partial charge in [-0.25, -0.2) is 0 Å². The molecule has 0 aliphatic carbocycles. The van der Waals surface area contributed by atoms with Crippen LogP contribution in [0.4, 0.5) is 0 Å². The average Bonchev–Trinajstić information content (AvgIpc) is 2.23. The van der Waals surface area contributed by atoms with Crippen molar-refractivity contribution in [2.24, 2.45) is 0 Å². The quantitative estimate of drug-likeness (QED) is 0.524.